The van der Waals surface area contributed by atoms with Crippen LogP contribution < -0.4 is 0 Å². The van der Waals surface area contributed by atoms with Crippen molar-refractivity contribution in [2.24, 2.45) is 0 Å². The van der Waals surface area contributed by atoms with Crippen LogP contribution in [0.4, 0.5) is 0 Å². The second-order valence-corrected chi connectivity index (χ2v) is 5.43. The number of carboxylic acid groups (broad SMARTS) is 1. The normalized spacial score (nSPS) is 18.0. The molecule has 1 aliphatic heterocycles. The average molecular weight is 315 g/mol. The molecule has 1 fully saturated rings. The molecule has 7 heteroatoms. The van der Waals surface area contributed by atoms with E-state index in [1.54, 1.807) is 6.07 Å². The fraction of sp³-hybridized carbons (Fsp3) is 0.312. The van der Waals surface area contributed by atoms with Gasteiger partial charge in [-0.05, 0) is 18.6 Å². The molecule has 0 unspecified atom stereocenters. The van der Waals surface area contributed by atoms with Gasteiger partial charge in [0.25, 0.3) is 5.91 Å². The number of carboxylic acids is 1. The Balaban J connectivity index is 1.79. The average Bonchev–Trinajstić information content (AvgIpc) is 3.04. The highest BCUT2D eigenvalue weighted by atomic mass is 16.5. The van der Waals surface area contributed by atoms with Gasteiger partial charge in [0.1, 0.15) is 5.69 Å². The van der Waals surface area contributed by atoms with Crippen molar-refractivity contribution in [3.63, 3.8) is 0 Å². The summed E-state index contributed by atoms with van der Waals surface area (Å²) >= 11 is 0. The standard InChI is InChI=1S/C16H17N3O4/c1-10-4-2-3-5-11(10)12-8-13(18-17-12)15(20)19-6-7-23-14(9-19)16(21)22/h2-5,8,14H,6-7,9H2,1H3,(H,17,18)(H,21,22)/t14-/m0/s1. The van der Waals surface area contributed by atoms with Gasteiger partial charge in [0.05, 0.1) is 18.8 Å². The summed E-state index contributed by atoms with van der Waals surface area (Å²) in [5.41, 5.74) is 3.05. The van der Waals surface area contributed by atoms with Crippen LogP contribution in [0.2, 0.25) is 0 Å². The van der Waals surface area contributed by atoms with Crippen LogP contribution in [0, 0.1) is 6.92 Å². The third kappa shape index (κ3) is 3.09. The fourth-order valence-corrected chi connectivity index (χ4v) is 2.58. The Morgan fingerprint density at radius 3 is 2.91 bits per heavy atom. The van der Waals surface area contributed by atoms with Gasteiger partial charge in [0, 0.05) is 12.1 Å². The first-order valence-electron chi connectivity index (χ1n) is 7.31. The molecule has 1 saturated heterocycles. The number of aromatic amines is 1. The van der Waals surface area contributed by atoms with E-state index in [4.69, 9.17) is 9.84 Å². The molecule has 1 amide bonds. The monoisotopic (exact) mass is 315 g/mol. The highest BCUT2D eigenvalue weighted by Crippen LogP contribution is 2.22. The zero-order valence-corrected chi connectivity index (χ0v) is 12.7. The summed E-state index contributed by atoms with van der Waals surface area (Å²) in [7, 11) is 0. The molecule has 3 rings (SSSR count). The number of carbonyl (C=O) groups excluding carboxylic acids is 1. The van der Waals surface area contributed by atoms with E-state index in [0.717, 1.165) is 11.1 Å². The molecule has 1 aromatic carbocycles. The molecule has 0 radical (unpaired) electrons. The van der Waals surface area contributed by atoms with E-state index >= 15 is 0 Å². The summed E-state index contributed by atoms with van der Waals surface area (Å²) in [6, 6.07) is 9.46. The predicted octanol–water partition coefficient (Wildman–Crippen LogP) is 1.31. The van der Waals surface area contributed by atoms with Crippen molar-refractivity contribution < 1.29 is 19.4 Å². The molecule has 7 nitrogen and oxygen atoms in total. The first-order valence-corrected chi connectivity index (χ1v) is 7.31. The first kappa shape index (κ1) is 15.2. The SMILES string of the molecule is Cc1ccccc1-c1cc(C(=O)N2CCO[C@H](C(=O)O)C2)[nH]n1. The van der Waals surface area contributed by atoms with Crippen molar-refractivity contribution in [1.82, 2.24) is 15.1 Å². The second kappa shape index (κ2) is 6.21. The molecule has 0 aliphatic carbocycles. The number of morpholine rings is 1. The lowest BCUT2D eigenvalue weighted by Gasteiger charge is -2.30. The lowest BCUT2D eigenvalue weighted by molar-refractivity contribution is -0.154. The maximum Gasteiger partial charge on any atom is 0.334 e. The number of carbonyl (C=O) groups is 2. The summed E-state index contributed by atoms with van der Waals surface area (Å²) < 4.78 is 5.13. The van der Waals surface area contributed by atoms with Crippen LogP contribution in [0.25, 0.3) is 11.3 Å². The van der Waals surface area contributed by atoms with Gasteiger partial charge in [0.15, 0.2) is 6.10 Å². The number of hydrogen-bond donors (Lipinski definition) is 2. The summed E-state index contributed by atoms with van der Waals surface area (Å²) in [4.78, 5) is 25.0. The lowest BCUT2D eigenvalue weighted by atomic mass is 10.1. The van der Waals surface area contributed by atoms with Gasteiger partial charge in [-0.3, -0.25) is 9.89 Å². The van der Waals surface area contributed by atoms with Gasteiger partial charge < -0.3 is 14.7 Å². The number of rotatable bonds is 3. The van der Waals surface area contributed by atoms with Crippen LogP contribution in [-0.4, -0.2) is 57.9 Å². The molecule has 0 bridgehead atoms. The Hall–Kier alpha value is -2.67. The number of aliphatic carboxylic acids is 1. The number of aryl methyl sites for hydroxylation is 1. The maximum absolute atomic E-state index is 12.5. The van der Waals surface area contributed by atoms with Crippen LogP contribution in [-0.2, 0) is 9.53 Å². The lowest BCUT2D eigenvalue weighted by Crippen LogP contribution is -2.48. The predicted molar refractivity (Wildman–Crippen MR) is 82.0 cm³/mol. The van der Waals surface area contributed by atoms with Crippen molar-refractivity contribution >= 4 is 11.9 Å². The summed E-state index contributed by atoms with van der Waals surface area (Å²) in [5.74, 6) is -1.33. The number of benzene rings is 1. The number of hydrogen-bond acceptors (Lipinski definition) is 4. The van der Waals surface area contributed by atoms with Gasteiger partial charge in [-0.1, -0.05) is 24.3 Å². The van der Waals surface area contributed by atoms with Crippen molar-refractivity contribution in [2.45, 2.75) is 13.0 Å². The van der Waals surface area contributed by atoms with Crippen LogP contribution in [0.3, 0.4) is 0 Å². The molecular weight excluding hydrogens is 298 g/mol. The molecule has 2 N–H and O–H groups in total. The Morgan fingerprint density at radius 2 is 2.17 bits per heavy atom. The minimum atomic E-state index is -1.06. The van der Waals surface area contributed by atoms with Gasteiger partial charge in [-0.15, -0.1) is 0 Å². The third-order valence-corrected chi connectivity index (χ3v) is 3.86. The molecule has 2 aromatic rings. The molecular formula is C16H17N3O4. The van der Waals surface area contributed by atoms with E-state index in [2.05, 4.69) is 10.2 Å². The number of nitrogens with zero attached hydrogens (tertiary/aromatic N) is 2. The summed E-state index contributed by atoms with van der Waals surface area (Å²) in [6.45, 7) is 2.58. The minimum absolute atomic E-state index is 0.0346. The molecule has 120 valence electrons. The number of nitrogens with one attached hydrogen (secondary N) is 1. The maximum atomic E-state index is 12.5. The second-order valence-electron chi connectivity index (χ2n) is 5.43. The molecule has 1 aromatic heterocycles. The first-order chi connectivity index (χ1) is 11.1. The molecule has 0 saturated carbocycles. The third-order valence-electron chi connectivity index (χ3n) is 3.86. The fourth-order valence-electron chi connectivity index (χ4n) is 2.58. The number of H-pyrrole nitrogens is 1. The van der Waals surface area contributed by atoms with E-state index < -0.39 is 12.1 Å². The quantitative estimate of drug-likeness (QED) is 0.890. The Labute approximate surface area is 132 Å². The number of amides is 1. The Bertz CT molecular complexity index is 740. The van der Waals surface area contributed by atoms with Crippen LogP contribution in [0.5, 0.6) is 0 Å². The molecule has 0 spiro atoms. The van der Waals surface area contributed by atoms with E-state index in [0.29, 0.717) is 17.9 Å². The van der Waals surface area contributed by atoms with E-state index in [-0.39, 0.29) is 19.1 Å². The van der Waals surface area contributed by atoms with Crippen molar-refractivity contribution in [3.8, 4) is 11.3 Å². The van der Waals surface area contributed by atoms with Gasteiger partial charge in [0.2, 0.25) is 0 Å². The molecule has 23 heavy (non-hydrogen) atoms. The van der Waals surface area contributed by atoms with E-state index in [1.807, 2.05) is 31.2 Å². The topological polar surface area (TPSA) is 95.5 Å². The molecule has 1 atom stereocenters. The smallest absolute Gasteiger partial charge is 0.334 e. The largest absolute Gasteiger partial charge is 0.479 e. The highest BCUT2D eigenvalue weighted by molar-refractivity contribution is 5.94. The zero-order chi connectivity index (χ0) is 16.4. The molecule has 2 heterocycles. The van der Waals surface area contributed by atoms with Crippen LogP contribution in [0.1, 0.15) is 16.1 Å². The van der Waals surface area contributed by atoms with Gasteiger partial charge >= 0.3 is 5.97 Å². The molecule has 1 aliphatic rings. The number of ether oxygens (including phenoxy) is 1. The van der Waals surface area contributed by atoms with E-state index in [1.165, 1.54) is 4.90 Å². The van der Waals surface area contributed by atoms with Crippen molar-refractivity contribution in [3.05, 3.63) is 41.6 Å². The van der Waals surface area contributed by atoms with Crippen LogP contribution >= 0.6 is 0 Å². The summed E-state index contributed by atoms with van der Waals surface area (Å²) in [5, 5.41) is 15.9. The van der Waals surface area contributed by atoms with Crippen molar-refractivity contribution in [2.75, 3.05) is 19.7 Å². The summed E-state index contributed by atoms with van der Waals surface area (Å²) in [6.07, 6.45) is -0.980. The van der Waals surface area contributed by atoms with Gasteiger partial charge in [-0.25, -0.2) is 4.79 Å². The van der Waals surface area contributed by atoms with Crippen molar-refractivity contribution in [1.29, 1.82) is 0 Å². The minimum Gasteiger partial charge on any atom is -0.479 e. The number of aromatic nitrogens is 2. The zero-order valence-electron chi connectivity index (χ0n) is 12.7. The van der Waals surface area contributed by atoms with Gasteiger partial charge in [-0.2, -0.15) is 5.10 Å². The Morgan fingerprint density at radius 1 is 1.39 bits per heavy atom. The highest BCUT2D eigenvalue weighted by Gasteiger charge is 2.30. The van der Waals surface area contributed by atoms with Crippen LogP contribution in [0.15, 0.2) is 30.3 Å². The van der Waals surface area contributed by atoms with E-state index in [9.17, 15) is 9.59 Å². The Kier molecular flexibility index (Phi) is 4.12.